The van der Waals surface area contributed by atoms with Crippen molar-refractivity contribution in [1.82, 2.24) is 9.88 Å². The molecule has 0 bridgehead atoms. The lowest BCUT2D eigenvalue weighted by molar-refractivity contribution is -0.159. The van der Waals surface area contributed by atoms with Gasteiger partial charge in [0.1, 0.15) is 0 Å². The molecule has 3 fully saturated rings. The Morgan fingerprint density at radius 3 is 2.92 bits per heavy atom. The van der Waals surface area contributed by atoms with Crippen LogP contribution in [0.3, 0.4) is 0 Å². The average Bonchev–Trinajstić information content (AvgIpc) is 3.18. The highest BCUT2D eigenvalue weighted by Crippen LogP contribution is 2.44. The Morgan fingerprint density at radius 1 is 1.35 bits per heavy atom. The summed E-state index contributed by atoms with van der Waals surface area (Å²) < 4.78 is 37.6. The first-order valence-electron chi connectivity index (χ1n) is 9.28. The second-order valence-electron chi connectivity index (χ2n) is 7.66. The van der Waals surface area contributed by atoms with Gasteiger partial charge in [-0.25, -0.2) is 8.78 Å². The molecule has 1 saturated carbocycles. The van der Waals surface area contributed by atoms with Crippen molar-refractivity contribution in [2.45, 2.75) is 37.9 Å². The Labute approximate surface area is 151 Å². The minimum absolute atomic E-state index is 0.0420. The molecule has 0 aromatic carbocycles. The monoisotopic (exact) mass is 366 g/mol. The summed E-state index contributed by atoms with van der Waals surface area (Å²) in [6.07, 6.45) is 2.06. The molecule has 4 rings (SSSR count). The fraction of sp³-hybridized carbons (Fsp3) is 0.684. The quantitative estimate of drug-likeness (QED) is 0.726. The van der Waals surface area contributed by atoms with Gasteiger partial charge >= 0.3 is 0 Å². The van der Waals surface area contributed by atoms with Gasteiger partial charge in [-0.05, 0) is 24.5 Å². The Bertz CT molecular complexity index is 635. The number of aromatic nitrogens is 1. The van der Waals surface area contributed by atoms with Gasteiger partial charge in [-0.3, -0.25) is 9.78 Å². The lowest BCUT2D eigenvalue weighted by Crippen LogP contribution is -2.46. The summed E-state index contributed by atoms with van der Waals surface area (Å²) in [6.45, 7) is 2.96. The fourth-order valence-electron chi connectivity index (χ4n) is 4.27. The molecule has 3 aliphatic rings. The van der Waals surface area contributed by atoms with Crippen molar-refractivity contribution >= 4 is 5.91 Å². The van der Waals surface area contributed by atoms with Crippen LogP contribution in [0.2, 0.25) is 0 Å². The maximum Gasteiger partial charge on any atom is 0.249 e. The fourth-order valence-corrected chi connectivity index (χ4v) is 4.27. The molecule has 0 N–H and O–H groups in total. The molecule has 1 aromatic rings. The Balaban J connectivity index is 1.21. The third-order valence-corrected chi connectivity index (χ3v) is 5.80. The van der Waals surface area contributed by atoms with Crippen molar-refractivity contribution in [3.63, 3.8) is 0 Å². The van der Waals surface area contributed by atoms with E-state index in [1.165, 1.54) is 0 Å². The van der Waals surface area contributed by atoms with Gasteiger partial charge in [-0.2, -0.15) is 0 Å². The summed E-state index contributed by atoms with van der Waals surface area (Å²) in [5.74, 6) is -2.65. The molecule has 1 aliphatic carbocycles. The number of alkyl halides is 2. The van der Waals surface area contributed by atoms with Crippen molar-refractivity contribution in [3.05, 3.63) is 30.1 Å². The number of carbonyl (C=O) groups excluding carboxylic acids is 1. The van der Waals surface area contributed by atoms with E-state index in [0.717, 1.165) is 12.1 Å². The average molecular weight is 366 g/mol. The van der Waals surface area contributed by atoms with Crippen molar-refractivity contribution in [2.24, 2.45) is 17.8 Å². The first-order chi connectivity index (χ1) is 12.5. The minimum atomic E-state index is -2.65. The van der Waals surface area contributed by atoms with E-state index < -0.39 is 11.8 Å². The second-order valence-corrected chi connectivity index (χ2v) is 7.66. The van der Waals surface area contributed by atoms with Gasteiger partial charge in [0, 0.05) is 50.6 Å². The molecule has 5 nitrogen and oxygen atoms in total. The Morgan fingerprint density at radius 2 is 2.19 bits per heavy atom. The number of hydrogen-bond acceptors (Lipinski definition) is 4. The molecule has 0 radical (unpaired) electrons. The molecule has 2 aliphatic heterocycles. The lowest BCUT2D eigenvalue weighted by atomic mass is 9.80. The second kappa shape index (κ2) is 7.19. The standard InChI is InChI=1S/C19H24F2N2O3/c20-19(21)7-14(8-19)18(24)23-9-16-13(11-26-17(16)10-23)4-6-25-12-15-3-1-2-5-22-15/h1-3,5,13-14,16-17H,4,6-12H2/t13-,16-,17-/m0/s1. The molecule has 142 valence electrons. The highest BCUT2D eigenvalue weighted by atomic mass is 19.3. The summed E-state index contributed by atoms with van der Waals surface area (Å²) in [7, 11) is 0. The zero-order valence-corrected chi connectivity index (χ0v) is 14.7. The van der Waals surface area contributed by atoms with E-state index in [-0.39, 0.29) is 30.8 Å². The van der Waals surface area contributed by atoms with Crippen LogP contribution in [0.5, 0.6) is 0 Å². The van der Waals surface area contributed by atoms with Crippen molar-refractivity contribution < 1.29 is 23.0 Å². The number of hydrogen-bond donors (Lipinski definition) is 0. The molecule has 3 atom stereocenters. The number of pyridine rings is 1. The predicted octanol–water partition coefficient (Wildman–Crippen LogP) is 2.51. The molecule has 0 spiro atoms. The van der Waals surface area contributed by atoms with E-state index in [1.807, 2.05) is 18.2 Å². The zero-order valence-electron chi connectivity index (χ0n) is 14.7. The van der Waals surface area contributed by atoms with E-state index in [9.17, 15) is 13.6 Å². The third kappa shape index (κ3) is 3.74. The molecular formula is C19H24F2N2O3. The number of carbonyl (C=O) groups is 1. The van der Waals surface area contributed by atoms with Crippen LogP contribution in [0.4, 0.5) is 8.78 Å². The van der Waals surface area contributed by atoms with E-state index in [2.05, 4.69) is 4.98 Å². The molecule has 7 heteroatoms. The van der Waals surface area contributed by atoms with Crippen LogP contribution in [0.1, 0.15) is 25.0 Å². The predicted molar refractivity (Wildman–Crippen MR) is 89.5 cm³/mol. The normalized spacial score (nSPS) is 30.2. The summed E-state index contributed by atoms with van der Waals surface area (Å²) in [4.78, 5) is 18.3. The molecule has 1 aromatic heterocycles. The molecule has 1 amide bonds. The van der Waals surface area contributed by atoms with Crippen molar-refractivity contribution in [2.75, 3.05) is 26.3 Å². The van der Waals surface area contributed by atoms with Crippen LogP contribution in [-0.2, 0) is 20.9 Å². The highest BCUT2D eigenvalue weighted by molar-refractivity contribution is 5.80. The summed E-state index contributed by atoms with van der Waals surface area (Å²) in [5, 5.41) is 0. The first-order valence-corrected chi connectivity index (χ1v) is 9.28. The number of fused-ring (bicyclic) bond motifs is 1. The summed E-state index contributed by atoms with van der Waals surface area (Å²) in [6, 6.07) is 5.74. The van der Waals surface area contributed by atoms with Crippen LogP contribution in [0.15, 0.2) is 24.4 Å². The number of likely N-dealkylation sites (tertiary alicyclic amines) is 1. The lowest BCUT2D eigenvalue weighted by Gasteiger charge is -2.36. The topological polar surface area (TPSA) is 51.7 Å². The van der Waals surface area contributed by atoms with E-state index in [1.54, 1.807) is 11.1 Å². The van der Waals surface area contributed by atoms with Gasteiger partial charge in [-0.1, -0.05) is 6.07 Å². The molecule has 0 unspecified atom stereocenters. The number of nitrogens with zero attached hydrogens (tertiary/aromatic N) is 2. The number of rotatable bonds is 6. The molecule has 2 saturated heterocycles. The highest BCUT2D eigenvalue weighted by Gasteiger charge is 2.52. The zero-order chi connectivity index (χ0) is 18.1. The van der Waals surface area contributed by atoms with Crippen LogP contribution < -0.4 is 0 Å². The maximum absolute atomic E-state index is 13.0. The summed E-state index contributed by atoms with van der Waals surface area (Å²) in [5.41, 5.74) is 0.906. The molecular weight excluding hydrogens is 342 g/mol. The maximum atomic E-state index is 13.0. The molecule has 3 heterocycles. The first kappa shape index (κ1) is 17.8. The molecule has 26 heavy (non-hydrogen) atoms. The van der Waals surface area contributed by atoms with Gasteiger partial charge in [0.25, 0.3) is 0 Å². The van der Waals surface area contributed by atoms with Gasteiger partial charge < -0.3 is 14.4 Å². The van der Waals surface area contributed by atoms with E-state index in [4.69, 9.17) is 9.47 Å². The summed E-state index contributed by atoms with van der Waals surface area (Å²) >= 11 is 0. The largest absolute Gasteiger partial charge is 0.376 e. The van der Waals surface area contributed by atoms with Crippen molar-refractivity contribution in [1.29, 1.82) is 0 Å². The Hall–Kier alpha value is -1.60. The minimum Gasteiger partial charge on any atom is -0.376 e. The van der Waals surface area contributed by atoms with Gasteiger partial charge in [0.2, 0.25) is 11.8 Å². The van der Waals surface area contributed by atoms with E-state index in [0.29, 0.717) is 38.8 Å². The van der Waals surface area contributed by atoms with Crippen LogP contribution in [0.25, 0.3) is 0 Å². The van der Waals surface area contributed by atoms with Crippen LogP contribution in [-0.4, -0.2) is 54.1 Å². The van der Waals surface area contributed by atoms with Crippen LogP contribution >= 0.6 is 0 Å². The van der Waals surface area contributed by atoms with E-state index >= 15 is 0 Å². The number of halogens is 2. The smallest absolute Gasteiger partial charge is 0.249 e. The van der Waals surface area contributed by atoms with Crippen LogP contribution in [0, 0.1) is 17.8 Å². The number of ether oxygens (including phenoxy) is 2. The Kier molecular flexibility index (Phi) is 4.92. The van der Waals surface area contributed by atoms with Gasteiger partial charge in [0.15, 0.2) is 0 Å². The number of amides is 1. The van der Waals surface area contributed by atoms with Crippen molar-refractivity contribution in [3.8, 4) is 0 Å². The SMILES string of the molecule is O=C(C1CC(F)(F)C1)N1C[C@H]2[C@@H](CCOCc3ccccn3)CO[C@H]2C1. The van der Waals surface area contributed by atoms with Gasteiger partial charge in [-0.15, -0.1) is 0 Å². The van der Waals surface area contributed by atoms with Gasteiger partial charge in [0.05, 0.1) is 25.0 Å². The third-order valence-electron chi connectivity index (χ3n) is 5.80.